The summed E-state index contributed by atoms with van der Waals surface area (Å²) in [5.41, 5.74) is 0.753. The van der Waals surface area contributed by atoms with Crippen molar-refractivity contribution in [3.63, 3.8) is 0 Å². The van der Waals surface area contributed by atoms with Gasteiger partial charge in [-0.25, -0.2) is 8.42 Å². The fourth-order valence-electron chi connectivity index (χ4n) is 3.51. The number of halogens is 3. The molecule has 0 spiro atoms. The molecular formula is C24H30Cl3N3O4S. The van der Waals surface area contributed by atoms with Crippen LogP contribution in [-0.4, -0.2) is 50.5 Å². The molecular weight excluding hydrogens is 533 g/mol. The quantitative estimate of drug-likeness (QED) is 0.363. The third-order valence-electron chi connectivity index (χ3n) is 5.37. The molecule has 192 valence electrons. The van der Waals surface area contributed by atoms with Crippen LogP contribution in [0.15, 0.2) is 42.5 Å². The number of anilines is 1. The van der Waals surface area contributed by atoms with Gasteiger partial charge in [0, 0.05) is 23.1 Å². The molecule has 0 aliphatic heterocycles. The number of nitrogens with zero attached hydrogens (tertiary/aromatic N) is 2. The Hall–Kier alpha value is -2.00. The van der Waals surface area contributed by atoms with E-state index < -0.39 is 28.5 Å². The summed E-state index contributed by atoms with van der Waals surface area (Å²) in [6.07, 6.45) is 3.02. The second kappa shape index (κ2) is 13.3. The Kier molecular flexibility index (Phi) is 11.1. The van der Waals surface area contributed by atoms with E-state index in [1.54, 1.807) is 43.3 Å². The van der Waals surface area contributed by atoms with Crippen LogP contribution in [0, 0.1) is 0 Å². The van der Waals surface area contributed by atoms with Gasteiger partial charge >= 0.3 is 0 Å². The SMILES string of the molecule is CCCCNC(=O)[C@H](CC)N(Cc1ccc(Cl)cc1Cl)C(=O)CN(c1ccccc1Cl)S(C)(=O)=O. The average Bonchev–Trinajstić information content (AvgIpc) is 2.78. The van der Waals surface area contributed by atoms with Crippen LogP contribution in [0.2, 0.25) is 15.1 Å². The first-order valence-corrected chi connectivity index (χ1v) is 14.2. The molecule has 0 fully saturated rings. The number of hydrogen-bond acceptors (Lipinski definition) is 4. The fourth-order valence-corrected chi connectivity index (χ4v) is 5.13. The second-order valence-corrected chi connectivity index (χ2v) is 11.2. The molecule has 1 atom stereocenters. The van der Waals surface area contributed by atoms with Crippen molar-refractivity contribution in [1.29, 1.82) is 0 Å². The number of rotatable bonds is 12. The van der Waals surface area contributed by atoms with Crippen molar-refractivity contribution in [1.82, 2.24) is 10.2 Å². The first-order valence-electron chi connectivity index (χ1n) is 11.2. The summed E-state index contributed by atoms with van der Waals surface area (Å²) < 4.78 is 26.2. The summed E-state index contributed by atoms with van der Waals surface area (Å²) in [6.45, 7) is 3.73. The van der Waals surface area contributed by atoms with Crippen LogP contribution in [-0.2, 0) is 26.2 Å². The fraction of sp³-hybridized carbons (Fsp3) is 0.417. The number of benzene rings is 2. The number of carbonyl (C=O) groups is 2. The predicted molar refractivity (Wildman–Crippen MR) is 143 cm³/mol. The zero-order chi connectivity index (χ0) is 26.2. The topological polar surface area (TPSA) is 86.8 Å². The lowest BCUT2D eigenvalue weighted by atomic mass is 10.1. The number of nitrogens with one attached hydrogen (secondary N) is 1. The highest BCUT2D eigenvalue weighted by atomic mass is 35.5. The lowest BCUT2D eigenvalue weighted by molar-refractivity contribution is -0.140. The molecule has 0 saturated carbocycles. The van der Waals surface area contributed by atoms with Gasteiger partial charge in [0.05, 0.1) is 17.0 Å². The molecule has 0 radical (unpaired) electrons. The molecule has 0 heterocycles. The van der Waals surface area contributed by atoms with E-state index in [9.17, 15) is 18.0 Å². The molecule has 0 aliphatic carbocycles. The highest BCUT2D eigenvalue weighted by molar-refractivity contribution is 7.92. The van der Waals surface area contributed by atoms with Gasteiger partial charge in [0.15, 0.2) is 0 Å². The Bertz CT molecular complexity index is 1140. The minimum Gasteiger partial charge on any atom is -0.354 e. The van der Waals surface area contributed by atoms with Crippen molar-refractivity contribution in [2.45, 2.75) is 45.7 Å². The minimum absolute atomic E-state index is 0.00529. The van der Waals surface area contributed by atoms with Crippen molar-refractivity contribution in [3.8, 4) is 0 Å². The average molecular weight is 563 g/mol. The maximum Gasteiger partial charge on any atom is 0.244 e. The highest BCUT2D eigenvalue weighted by Crippen LogP contribution is 2.28. The summed E-state index contributed by atoms with van der Waals surface area (Å²) >= 11 is 18.6. The molecule has 7 nitrogen and oxygen atoms in total. The zero-order valence-electron chi connectivity index (χ0n) is 19.9. The number of unbranched alkanes of at least 4 members (excludes halogenated alkanes) is 1. The third-order valence-corrected chi connectivity index (χ3v) is 7.40. The molecule has 0 unspecified atom stereocenters. The van der Waals surface area contributed by atoms with Crippen molar-refractivity contribution in [2.24, 2.45) is 0 Å². The molecule has 35 heavy (non-hydrogen) atoms. The Balaban J connectivity index is 2.45. The third kappa shape index (κ3) is 8.27. The van der Waals surface area contributed by atoms with Gasteiger partial charge in [0.2, 0.25) is 21.8 Å². The van der Waals surface area contributed by atoms with Crippen LogP contribution < -0.4 is 9.62 Å². The number of para-hydroxylation sites is 1. The van der Waals surface area contributed by atoms with E-state index in [1.807, 2.05) is 6.92 Å². The minimum atomic E-state index is -3.87. The Labute approximate surface area is 222 Å². The van der Waals surface area contributed by atoms with Crippen LogP contribution in [0.5, 0.6) is 0 Å². The smallest absolute Gasteiger partial charge is 0.244 e. The Morgan fingerprint density at radius 1 is 1.03 bits per heavy atom. The lowest BCUT2D eigenvalue weighted by Crippen LogP contribution is -2.52. The van der Waals surface area contributed by atoms with Gasteiger partial charge in [-0.05, 0) is 42.7 Å². The number of amides is 2. The number of carbonyl (C=O) groups excluding carboxylic acids is 2. The van der Waals surface area contributed by atoms with E-state index in [-0.39, 0.29) is 23.2 Å². The van der Waals surface area contributed by atoms with Crippen LogP contribution in [0.25, 0.3) is 0 Å². The Morgan fingerprint density at radius 3 is 2.29 bits per heavy atom. The van der Waals surface area contributed by atoms with E-state index in [0.29, 0.717) is 28.6 Å². The van der Waals surface area contributed by atoms with Gasteiger partial charge in [-0.15, -0.1) is 0 Å². The summed E-state index contributed by atoms with van der Waals surface area (Å²) in [6, 6.07) is 10.4. The molecule has 0 aromatic heterocycles. The lowest BCUT2D eigenvalue weighted by Gasteiger charge is -2.33. The van der Waals surface area contributed by atoms with E-state index in [4.69, 9.17) is 34.8 Å². The summed E-state index contributed by atoms with van der Waals surface area (Å²) in [7, 11) is -3.87. The summed E-state index contributed by atoms with van der Waals surface area (Å²) in [5, 5.41) is 3.82. The molecule has 2 aromatic carbocycles. The van der Waals surface area contributed by atoms with Crippen LogP contribution in [0.3, 0.4) is 0 Å². The zero-order valence-corrected chi connectivity index (χ0v) is 23.0. The van der Waals surface area contributed by atoms with Crippen LogP contribution >= 0.6 is 34.8 Å². The molecule has 2 aromatic rings. The number of hydrogen-bond donors (Lipinski definition) is 1. The largest absolute Gasteiger partial charge is 0.354 e. The number of sulfonamides is 1. The molecule has 11 heteroatoms. The first-order chi connectivity index (χ1) is 16.5. The maximum absolute atomic E-state index is 13.6. The van der Waals surface area contributed by atoms with Crippen molar-refractivity contribution in [3.05, 3.63) is 63.1 Å². The van der Waals surface area contributed by atoms with Crippen molar-refractivity contribution < 1.29 is 18.0 Å². The van der Waals surface area contributed by atoms with Gasteiger partial charge in [-0.1, -0.05) is 73.3 Å². The van der Waals surface area contributed by atoms with Crippen LogP contribution in [0.4, 0.5) is 5.69 Å². The normalized spacial score (nSPS) is 12.2. The predicted octanol–water partition coefficient (Wildman–Crippen LogP) is 5.14. The van der Waals surface area contributed by atoms with Gasteiger partial charge in [-0.2, -0.15) is 0 Å². The van der Waals surface area contributed by atoms with Crippen molar-refractivity contribution >= 4 is 62.3 Å². The van der Waals surface area contributed by atoms with E-state index in [1.165, 1.54) is 11.0 Å². The monoisotopic (exact) mass is 561 g/mol. The van der Waals surface area contributed by atoms with Gasteiger partial charge < -0.3 is 10.2 Å². The summed E-state index contributed by atoms with van der Waals surface area (Å²) in [4.78, 5) is 28.0. The van der Waals surface area contributed by atoms with Gasteiger partial charge in [0.1, 0.15) is 12.6 Å². The van der Waals surface area contributed by atoms with Gasteiger partial charge in [-0.3, -0.25) is 13.9 Å². The van der Waals surface area contributed by atoms with Gasteiger partial charge in [0.25, 0.3) is 0 Å². The first kappa shape index (κ1) is 29.2. The molecule has 2 amide bonds. The molecule has 1 N–H and O–H groups in total. The summed E-state index contributed by atoms with van der Waals surface area (Å²) in [5.74, 6) is -0.887. The molecule has 0 bridgehead atoms. The van der Waals surface area contributed by atoms with E-state index >= 15 is 0 Å². The highest BCUT2D eigenvalue weighted by Gasteiger charge is 2.32. The standard InChI is InChI=1S/C24H30Cl3N3O4S/c1-4-6-13-28-24(32)21(5-2)29(15-17-11-12-18(25)14-20(17)27)23(31)16-30(35(3,33)34)22-10-8-7-9-19(22)26/h7-12,14,21H,4-6,13,15-16H2,1-3H3,(H,28,32)/t21-/m0/s1. The van der Waals surface area contributed by atoms with E-state index in [0.717, 1.165) is 23.4 Å². The molecule has 2 rings (SSSR count). The van der Waals surface area contributed by atoms with Crippen molar-refractivity contribution in [2.75, 3.05) is 23.7 Å². The maximum atomic E-state index is 13.6. The molecule has 0 saturated heterocycles. The van der Waals surface area contributed by atoms with Crippen LogP contribution in [0.1, 0.15) is 38.7 Å². The second-order valence-electron chi connectivity index (χ2n) is 8.05. The molecule has 0 aliphatic rings. The Morgan fingerprint density at radius 2 is 1.71 bits per heavy atom. The van der Waals surface area contributed by atoms with E-state index in [2.05, 4.69) is 5.32 Å².